The van der Waals surface area contributed by atoms with Crippen molar-refractivity contribution in [3.05, 3.63) is 33.8 Å². The van der Waals surface area contributed by atoms with Crippen LogP contribution in [0.2, 0.25) is 10.0 Å². The zero-order chi connectivity index (χ0) is 13.0. The van der Waals surface area contributed by atoms with Gasteiger partial charge in [0.2, 0.25) is 0 Å². The van der Waals surface area contributed by atoms with Crippen molar-refractivity contribution in [3.63, 3.8) is 0 Å². The first-order valence-electron chi connectivity index (χ1n) is 5.01. The van der Waals surface area contributed by atoms with E-state index in [0.29, 0.717) is 22.0 Å². The monoisotopic (exact) mass is 290 g/mol. The van der Waals surface area contributed by atoms with Crippen LogP contribution in [0.1, 0.15) is 23.7 Å². The van der Waals surface area contributed by atoms with E-state index in [-0.39, 0.29) is 16.9 Å². The van der Waals surface area contributed by atoms with Crippen LogP contribution >= 0.6 is 35.4 Å². The second-order valence-corrected chi connectivity index (χ2v) is 4.75. The summed E-state index contributed by atoms with van der Waals surface area (Å²) in [6.45, 7) is 1.89. The fraction of sp³-hybridized carbons (Fsp3) is 0.273. The molecule has 0 saturated carbocycles. The van der Waals surface area contributed by atoms with Gasteiger partial charge in [0, 0.05) is 5.56 Å². The summed E-state index contributed by atoms with van der Waals surface area (Å²) >= 11 is 16.4. The minimum Gasteiger partial charge on any atom is -0.392 e. The van der Waals surface area contributed by atoms with Gasteiger partial charge in [-0.25, -0.2) is 0 Å². The van der Waals surface area contributed by atoms with Crippen molar-refractivity contribution in [1.29, 1.82) is 0 Å². The topological polar surface area (TPSA) is 55.1 Å². The van der Waals surface area contributed by atoms with E-state index in [9.17, 15) is 4.79 Å². The molecule has 3 nitrogen and oxygen atoms in total. The second kappa shape index (κ2) is 6.19. The van der Waals surface area contributed by atoms with Crippen LogP contribution in [0.25, 0.3) is 0 Å². The van der Waals surface area contributed by atoms with Gasteiger partial charge in [-0.15, -0.1) is 0 Å². The highest BCUT2D eigenvalue weighted by atomic mass is 35.5. The van der Waals surface area contributed by atoms with E-state index in [1.807, 2.05) is 6.92 Å². The molecule has 1 aromatic carbocycles. The Morgan fingerprint density at radius 3 is 2.59 bits per heavy atom. The number of thiocarbonyl (C=S) groups is 1. The molecule has 0 aliphatic rings. The Balaban J connectivity index is 2.82. The molecule has 1 rings (SSSR count). The SMILES string of the molecule is CCC(NC(=O)c1ccc(Cl)c(Cl)c1)C(N)=S. The molecule has 6 heteroatoms. The van der Waals surface area contributed by atoms with Crippen molar-refractivity contribution in [2.45, 2.75) is 19.4 Å². The fourth-order valence-corrected chi connectivity index (χ4v) is 1.78. The zero-order valence-corrected chi connectivity index (χ0v) is 11.5. The van der Waals surface area contributed by atoms with E-state index in [2.05, 4.69) is 5.32 Å². The summed E-state index contributed by atoms with van der Waals surface area (Å²) in [6.07, 6.45) is 0.641. The van der Waals surface area contributed by atoms with E-state index in [4.69, 9.17) is 41.2 Å². The molecule has 1 atom stereocenters. The molecular formula is C11H12Cl2N2OS. The van der Waals surface area contributed by atoms with Crippen molar-refractivity contribution >= 4 is 46.3 Å². The van der Waals surface area contributed by atoms with Gasteiger partial charge in [-0.3, -0.25) is 4.79 Å². The van der Waals surface area contributed by atoms with Crippen molar-refractivity contribution in [3.8, 4) is 0 Å². The zero-order valence-electron chi connectivity index (χ0n) is 9.17. The van der Waals surface area contributed by atoms with Crippen molar-refractivity contribution in [2.75, 3.05) is 0 Å². The molecule has 0 fully saturated rings. The van der Waals surface area contributed by atoms with Crippen molar-refractivity contribution < 1.29 is 4.79 Å². The summed E-state index contributed by atoms with van der Waals surface area (Å²) in [5.74, 6) is -0.275. The van der Waals surface area contributed by atoms with Crippen molar-refractivity contribution in [1.82, 2.24) is 5.32 Å². The number of hydrogen-bond donors (Lipinski definition) is 2. The molecule has 0 aliphatic heterocycles. The Hall–Kier alpha value is -0.840. The molecule has 1 unspecified atom stereocenters. The Bertz CT molecular complexity index is 451. The lowest BCUT2D eigenvalue weighted by molar-refractivity contribution is 0.0946. The lowest BCUT2D eigenvalue weighted by Gasteiger charge is -2.15. The van der Waals surface area contributed by atoms with Crippen molar-refractivity contribution in [2.24, 2.45) is 5.73 Å². The lowest BCUT2D eigenvalue weighted by Crippen LogP contribution is -2.42. The van der Waals surface area contributed by atoms with Gasteiger partial charge in [0.15, 0.2) is 0 Å². The Morgan fingerprint density at radius 1 is 1.47 bits per heavy atom. The molecule has 17 heavy (non-hydrogen) atoms. The van der Waals surface area contributed by atoms with Gasteiger partial charge in [0.1, 0.15) is 0 Å². The lowest BCUT2D eigenvalue weighted by atomic mass is 10.1. The van der Waals surface area contributed by atoms with Gasteiger partial charge < -0.3 is 11.1 Å². The van der Waals surface area contributed by atoms with Crippen LogP contribution < -0.4 is 11.1 Å². The van der Waals surface area contributed by atoms with Gasteiger partial charge in [0.05, 0.1) is 21.1 Å². The Morgan fingerprint density at radius 2 is 2.12 bits per heavy atom. The van der Waals surface area contributed by atoms with E-state index in [0.717, 1.165) is 0 Å². The summed E-state index contributed by atoms with van der Waals surface area (Å²) in [4.78, 5) is 12.1. The van der Waals surface area contributed by atoms with Crippen LogP contribution in [0.4, 0.5) is 0 Å². The minimum atomic E-state index is -0.313. The smallest absolute Gasteiger partial charge is 0.251 e. The molecule has 0 heterocycles. The first kappa shape index (κ1) is 14.2. The van der Waals surface area contributed by atoms with Gasteiger partial charge in [-0.05, 0) is 24.6 Å². The molecule has 3 N–H and O–H groups in total. The average Bonchev–Trinajstić information content (AvgIpc) is 2.28. The maximum absolute atomic E-state index is 11.9. The van der Waals surface area contributed by atoms with Crippen LogP contribution in [-0.4, -0.2) is 16.9 Å². The quantitative estimate of drug-likeness (QED) is 0.839. The molecule has 0 bridgehead atoms. The molecule has 0 radical (unpaired) electrons. The van der Waals surface area contributed by atoms with Crippen LogP contribution in [0, 0.1) is 0 Å². The predicted molar refractivity (Wildman–Crippen MR) is 74.8 cm³/mol. The molecule has 92 valence electrons. The highest BCUT2D eigenvalue weighted by Gasteiger charge is 2.14. The maximum atomic E-state index is 11.9. The number of benzene rings is 1. The van der Waals surface area contributed by atoms with Gasteiger partial charge in [-0.1, -0.05) is 42.3 Å². The number of carbonyl (C=O) groups excluding carboxylic acids is 1. The summed E-state index contributed by atoms with van der Waals surface area (Å²) in [5, 5.41) is 3.47. The third-order valence-electron chi connectivity index (χ3n) is 2.24. The third-order valence-corrected chi connectivity index (χ3v) is 3.26. The number of carbonyl (C=O) groups is 1. The molecule has 0 aromatic heterocycles. The number of hydrogen-bond acceptors (Lipinski definition) is 2. The molecule has 0 aliphatic carbocycles. The molecule has 1 amide bonds. The van der Waals surface area contributed by atoms with E-state index in [1.165, 1.54) is 6.07 Å². The Kier molecular flexibility index (Phi) is 5.18. The van der Waals surface area contributed by atoms with Crippen LogP contribution in [-0.2, 0) is 0 Å². The fourth-order valence-electron chi connectivity index (χ4n) is 1.25. The predicted octanol–water partition coefficient (Wildman–Crippen LogP) is 2.79. The Labute approximate surface area is 115 Å². The average molecular weight is 291 g/mol. The number of nitrogens with one attached hydrogen (secondary N) is 1. The molecular weight excluding hydrogens is 279 g/mol. The number of halogens is 2. The number of amides is 1. The normalized spacial score (nSPS) is 11.9. The van der Waals surface area contributed by atoms with E-state index in [1.54, 1.807) is 12.1 Å². The molecule has 0 spiro atoms. The minimum absolute atomic E-state index is 0.265. The highest BCUT2D eigenvalue weighted by Crippen LogP contribution is 2.22. The van der Waals surface area contributed by atoms with Gasteiger partial charge >= 0.3 is 0 Å². The summed E-state index contributed by atoms with van der Waals surface area (Å²) < 4.78 is 0. The first-order chi connectivity index (χ1) is 7.95. The summed E-state index contributed by atoms with van der Waals surface area (Å²) in [6, 6.07) is 4.36. The number of rotatable bonds is 4. The molecule has 0 saturated heterocycles. The second-order valence-electron chi connectivity index (χ2n) is 3.47. The van der Waals surface area contributed by atoms with Crippen LogP contribution in [0.5, 0.6) is 0 Å². The van der Waals surface area contributed by atoms with E-state index >= 15 is 0 Å². The maximum Gasteiger partial charge on any atom is 0.251 e. The van der Waals surface area contributed by atoms with Gasteiger partial charge in [0.25, 0.3) is 5.91 Å². The van der Waals surface area contributed by atoms with Crippen LogP contribution in [0.3, 0.4) is 0 Å². The standard InChI is InChI=1S/C11H12Cl2N2OS/c1-2-9(10(14)17)15-11(16)6-3-4-7(12)8(13)5-6/h3-5,9H,2H2,1H3,(H2,14,17)(H,15,16). The van der Waals surface area contributed by atoms with Crippen LogP contribution in [0.15, 0.2) is 18.2 Å². The van der Waals surface area contributed by atoms with Gasteiger partial charge in [-0.2, -0.15) is 0 Å². The largest absolute Gasteiger partial charge is 0.392 e. The molecule has 1 aromatic rings. The number of nitrogens with two attached hydrogens (primary N) is 1. The highest BCUT2D eigenvalue weighted by molar-refractivity contribution is 7.80. The third kappa shape index (κ3) is 3.84. The van der Waals surface area contributed by atoms with E-state index < -0.39 is 0 Å². The summed E-state index contributed by atoms with van der Waals surface area (Å²) in [5.41, 5.74) is 5.92. The first-order valence-corrected chi connectivity index (χ1v) is 6.17. The summed E-state index contributed by atoms with van der Waals surface area (Å²) in [7, 11) is 0.